The quantitative estimate of drug-likeness (QED) is 0.850. The Balaban J connectivity index is 2.32. The highest BCUT2D eigenvalue weighted by Crippen LogP contribution is 2.45. The zero-order chi connectivity index (χ0) is 11.6. The van der Waals surface area contributed by atoms with Crippen LogP contribution in [0.4, 0.5) is 0 Å². The van der Waals surface area contributed by atoms with Gasteiger partial charge in [0.15, 0.2) is 5.78 Å². The van der Waals surface area contributed by atoms with Gasteiger partial charge in [0.2, 0.25) is 0 Å². The van der Waals surface area contributed by atoms with Crippen LogP contribution < -0.4 is 0 Å². The van der Waals surface area contributed by atoms with E-state index >= 15 is 0 Å². The maximum atomic E-state index is 12.0. The van der Waals surface area contributed by atoms with Crippen LogP contribution in [-0.2, 0) is 10.2 Å². The molecule has 0 saturated heterocycles. The summed E-state index contributed by atoms with van der Waals surface area (Å²) in [4.78, 5) is 12.0. The number of halogens is 1. The van der Waals surface area contributed by atoms with Gasteiger partial charge in [-0.2, -0.15) is 5.26 Å². The molecular formula is C13H12BrNO. The van der Waals surface area contributed by atoms with Gasteiger partial charge in [0.1, 0.15) is 0 Å². The molecule has 1 saturated carbocycles. The molecule has 16 heavy (non-hydrogen) atoms. The average Bonchev–Trinajstić information content (AvgIpc) is 2.19. The monoisotopic (exact) mass is 277 g/mol. The van der Waals surface area contributed by atoms with Crippen molar-refractivity contribution in [1.29, 1.82) is 5.26 Å². The Bertz CT molecular complexity index is 440. The van der Waals surface area contributed by atoms with Gasteiger partial charge < -0.3 is 0 Å². The van der Waals surface area contributed by atoms with Crippen molar-refractivity contribution in [2.45, 2.75) is 31.1 Å². The Labute approximate surface area is 103 Å². The summed E-state index contributed by atoms with van der Waals surface area (Å²) in [7, 11) is 0. The predicted molar refractivity (Wildman–Crippen MR) is 64.9 cm³/mol. The molecule has 2 rings (SSSR count). The molecule has 0 atom stereocenters. The van der Waals surface area contributed by atoms with Gasteiger partial charge in [0.05, 0.1) is 17.9 Å². The molecule has 3 heteroatoms. The number of carbonyl (C=O) groups excluding carboxylic acids is 1. The van der Waals surface area contributed by atoms with E-state index in [9.17, 15) is 4.79 Å². The summed E-state index contributed by atoms with van der Waals surface area (Å²) in [6.07, 6.45) is 2.87. The van der Waals surface area contributed by atoms with Crippen LogP contribution in [0.5, 0.6) is 0 Å². The minimum atomic E-state index is -0.365. The first-order valence-electron chi connectivity index (χ1n) is 5.35. The second-order valence-corrected chi connectivity index (χ2v) is 5.12. The van der Waals surface area contributed by atoms with Gasteiger partial charge in [0, 0.05) is 4.47 Å². The molecule has 0 bridgehead atoms. The molecule has 1 aromatic carbocycles. The van der Waals surface area contributed by atoms with E-state index in [2.05, 4.69) is 15.9 Å². The molecule has 2 nitrogen and oxygen atoms in total. The summed E-state index contributed by atoms with van der Waals surface area (Å²) in [6.45, 7) is 0. The molecule has 82 valence electrons. The van der Waals surface area contributed by atoms with E-state index < -0.39 is 0 Å². The zero-order valence-electron chi connectivity index (χ0n) is 8.87. The van der Waals surface area contributed by atoms with Crippen molar-refractivity contribution >= 4 is 21.7 Å². The minimum Gasteiger partial charge on any atom is -0.298 e. The molecule has 0 aromatic heterocycles. The largest absolute Gasteiger partial charge is 0.298 e. The smallest absolute Gasteiger partial charge is 0.157 e. The van der Waals surface area contributed by atoms with Crippen molar-refractivity contribution < 1.29 is 4.79 Å². The first-order valence-corrected chi connectivity index (χ1v) is 6.15. The lowest BCUT2D eigenvalue weighted by Crippen LogP contribution is -2.42. The first kappa shape index (κ1) is 11.3. The van der Waals surface area contributed by atoms with Crippen LogP contribution in [0.1, 0.15) is 31.2 Å². The fraction of sp³-hybridized carbons (Fsp3) is 0.385. The number of benzene rings is 1. The fourth-order valence-electron chi connectivity index (χ4n) is 2.27. The molecule has 0 heterocycles. The van der Waals surface area contributed by atoms with Crippen LogP contribution in [-0.4, -0.2) is 5.78 Å². The van der Waals surface area contributed by atoms with E-state index in [0.717, 1.165) is 29.3 Å². The lowest BCUT2D eigenvalue weighted by atomic mass is 9.61. The van der Waals surface area contributed by atoms with Crippen LogP contribution >= 0.6 is 15.9 Å². The van der Waals surface area contributed by atoms with Crippen molar-refractivity contribution in [2.75, 3.05) is 0 Å². The number of hydrogen-bond donors (Lipinski definition) is 0. The maximum Gasteiger partial charge on any atom is 0.157 e. The van der Waals surface area contributed by atoms with Crippen molar-refractivity contribution in [2.24, 2.45) is 0 Å². The number of Topliss-reactive ketones (excluding diaryl/α,β-unsaturated/α-hetero) is 1. The van der Waals surface area contributed by atoms with Crippen molar-refractivity contribution in [3.05, 3.63) is 34.3 Å². The minimum absolute atomic E-state index is 0.0239. The third-order valence-electron chi connectivity index (χ3n) is 3.38. The second kappa shape index (κ2) is 4.39. The number of hydrogen-bond acceptors (Lipinski definition) is 2. The number of carbonyl (C=O) groups is 1. The van der Waals surface area contributed by atoms with Gasteiger partial charge in [-0.1, -0.05) is 34.5 Å². The molecule has 1 aromatic rings. The molecular weight excluding hydrogens is 266 g/mol. The number of ketones is 1. The molecule has 1 aliphatic rings. The Hall–Kier alpha value is -1.14. The molecule has 0 aliphatic heterocycles. The van der Waals surface area contributed by atoms with Gasteiger partial charge >= 0.3 is 0 Å². The molecule has 0 N–H and O–H groups in total. The van der Waals surface area contributed by atoms with Crippen molar-refractivity contribution in [3.8, 4) is 6.07 Å². The van der Waals surface area contributed by atoms with E-state index in [1.807, 2.05) is 30.3 Å². The Morgan fingerprint density at radius 3 is 2.44 bits per heavy atom. The summed E-state index contributed by atoms with van der Waals surface area (Å²) in [5, 5.41) is 8.63. The van der Waals surface area contributed by atoms with Crippen LogP contribution in [0.3, 0.4) is 0 Å². The predicted octanol–water partition coefficient (Wildman–Crippen LogP) is 3.35. The van der Waals surface area contributed by atoms with Gasteiger partial charge in [0.25, 0.3) is 0 Å². The van der Waals surface area contributed by atoms with E-state index in [1.165, 1.54) is 0 Å². The molecule has 1 fully saturated rings. The van der Waals surface area contributed by atoms with Crippen LogP contribution in [0.2, 0.25) is 0 Å². The summed E-state index contributed by atoms with van der Waals surface area (Å²) in [6, 6.07) is 9.84. The number of nitriles is 1. The lowest BCUT2D eigenvalue weighted by Gasteiger charge is -2.40. The second-order valence-electron chi connectivity index (χ2n) is 4.20. The summed E-state index contributed by atoms with van der Waals surface area (Å²) < 4.78 is 1.01. The standard InChI is InChI=1S/C13H12BrNO/c14-11-4-2-10(3-5-11)13(7-1-8-13)12(16)6-9-15/h2-5H,1,6-8H2. The summed E-state index contributed by atoms with van der Waals surface area (Å²) in [5.41, 5.74) is 0.693. The SMILES string of the molecule is N#CCC(=O)C1(c2ccc(Br)cc2)CCC1. The van der Waals surface area contributed by atoms with Crippen molar-refractivity contribution in [3.63, 3.8) is 0 Å². The molecule has 0 spiro atoms. The molecule has 1 aliphatic carbocycles. The fourth-order valence-corrected chi connectivity index (χ4v) is 2.53. The normalized spacial score (nSPS) is 17.2. The van der Waals surface area contributed by atoms with E-state index in [1.54, 1.807) is 0 Å². The first-order chi connectivity index (χ1) is 7.69. The van der Waals surface area contributed by atoms with Gasteiger partial charge in [-0.05, 0) is 30.5 Å². The summed E-state index contributed by atoms with van der Waals surface area (Å²) >= 11 is 3.38. The molecule has 0 amide bonds. The highest BCUT2D eigenvalue weighted by molar-refractivity contribution is 9.10. The Morgan fingerprint density at radius 2 is 2.00 bits per heavy atom. The average molecular weight is 278 g/mol. The lowest BCUT2D eigenvalue weighted by molar-refractivity contribution is -0.126. The maximum absolute atomic E-state index is 12.0. The topological polar surface area (TPSA) is 40.9 Å². The summed E-state index contributed by atoms with van der Waals surface area (Å²) in [5.74, 6) is 0.0728. The van der Waals surface area contributed by atoms with Crippen LogP contribution in [0, 0.1) is 11.3 Å². The third-order valence-corrected chi connectivity index (χ3v) is 3.91. The Morgan fingerprint density at radius 1 is 1.38 bits per heavy atom. The number of rotatable bonds is 3. The van der Waals surface area contributed by atoms with Crippen LogP contribution in [0.25, 0.3) is 0 Å². The number of nitrogens with zero attached hydrogens (tertiary/aromatic N) is 1. The van der Waals surface area contributed by atoms with E-state index in [0.29, 0.717) is 0 Å². The van der Waals surface area contributed by atoms with Crippen LogP contribution in [0.15, 0.2) is 28.7 Å². The van der Waals surface area contributed by atoms with Crippen molar-refractivity contribution in [1.82, 2.24) is 0 Å². The van der Waals surface area contributed by atoms with E-state index in [-0.39, 0.29) is 17.6 Å². The molecule has 0 unspecified atom stereocenters. The highest BCUT2D eigenvalue weighted by Gasteiger charge is 2.44. The van der Waals surface area contributed by atoms with E-state index in [4.69, 9.17) is 5.26 Å². The van der Waals surface area contributed by atoms with Gasteiger partial charge in [-0.15, -0.1) is 0 Å². The molecule has 0 radical (unpaired) electrons. The Kier molecular flexibility index (Phi) is 3.11. The zero-order valence-corrected chi connectivity index (χ0v) is 10.5. The highest BCUT2D eigenvalue weighted by atomic mass is 79.9. The van der Waals surface area contributed by atoms with Gasteiger partial charge in [-0.25, -0.2) is 0 Å². The van der Waals surface area contributed by atoms with Gasteiger partial charge in [-0.3, -0.25) is 4.79 Å². The third kappa shape index (κ3) is 1.78.